The van der Waals surface area contributed by atoms with E-state index >= 15 is 0 Å². The number of benzene rings is 1. The van der Waals surface area contributed by atoms with Gasteiger partial charge >= 0.3 is 6.09 Å². The highest BCUT2D eigenvalue weighted by Crippen LogP contribution is 2.28. The van der Waals surface area contributed by atoms with E-state index in [0.29, 0.717) is 35.2 Å². The van der Waals surface area contributed by atoms with Crippen molar-refractivity contribution < 1.29 is 14.3 Å². The Balaban J connectivity index is 1.71. The summed E-state index contributed by atoms with van der Waals surface area (Å²) in [4.78, 5) is 33.3. The number of likely N-dealkylation sites (tertiary alicyclic amines) is 1. The predicted molar refractivity (Wildman–Crippen MR) is 127 cm³/mol. The van der Waals surface area contributed by atoms with Crippen LogP contribution in [0.3, 0.4) is 0 Å². The SMILES string of the molecule is CN(c1ccc(N)cc1C(=O)Nc1ccc(Cl)cn1)C1CCN(C(=O)OC(C)(C)C)CC1. The molecule has 3 rings (SSSR count). The molecule has 1 fully saturated rings. The number of anilines is 3. The fraction of sp³-hybridized carbons (Fsp3) is 0.435. The number of hydrogen-bond acceptors (Lipinski definition) is 6. The van der Waals surface area contributed by atoms with E-state index < -0.39 is 5.60 Å². The lowest BCUT2D eigenvalue weighted by molar-refractivity contribution is 0.0205. The summed E-state index contributed by atoms with van der Waals surface area (Å²) < 4.78 is 5.48. The van der Waals surface area contributed by atoms with Gasteiger partial charge in [0.2, 0.25) is 0 Å². The fourth-order valence-corrected chi connectivity index (χ4v) is 3.75. The van der Waals surface area contributed by atoms with Crippen LogP contribution in [0.4, 0.5) is 22.0 Å². The van der Waals surface area contributed by atoms with Crippen LogP contribution >= 0.6 is 11.6 Å². The average Bonchev–Trinajstić information content (AvgIpc) is 2.73. The van der Waals surface area contributed by atoms with Crippen molar-refractivity contribution in [2.45, 2.75) is 45.3 Å². The highest BCUT2D eigenvalue weighted by atomic mass is 35.5. The molecule has 0 radical (unpaired) electrons. The van der Waals surface area contributed by atoms with Crippen molar-refractivity contribution in [2.24, 2.45) is 0 Å². The molecule has 1 aromatic carbocycles. The minimum absolute atomic E-state index is 0.164. The van der Waals surface area contributed by atoms with E-state index in [2.05, 4.69) is 15.2 Å². The molecule has 1 saturated heterocycles. The van der Waals surface area contributed by atoms with Gasteiger partial charge in [-0.2, -0.15) is 0 Å². The molecule has 2 heterocycles. The fourth-order valence-electron chi connectivity index (χ4n) is 3.64. The third kappa shape index (κ3) is 6.03. The van der Waals surface area contributed by atoms with Crippen LogP contribution in [0, 0.1) is 0 Å². The lowest BCUT2D eigenvalue weighted by atomic mass is 10.0. The molecule has 172 valence electrons. The van der Waals surface area contributed by atoms with E-state index in [1.807, 2.05) is 33.9 Å². The molecular weight excluding hydrogens is 430 g/mol. The van der Waals surface area contributed by atoms with E-state index in [9.17, 15) is 9.59 Å². The Labute approximate surface area is 193 Å². The topological polar surface area (TPSA) is 101 Å². The molecule has 8 nitrogen and oxygen atoms in total. The number of piperidine rings is 1. The van der Waals surface area contributed by atoms with Crippen molar-refractivity contribution in [2.75, 3.05) is 36.1 Å². The third-order valence-electron chi connectivity index (χ3n) is 5.28. The van der Waals surface area contributed by atoms with Crippen LogP contribution < -0.4 is 16.0 Å². The number of halogens is 1. The number of aromatic nitrogens is 1. The number of amides is 2. The zero-order valence-corrected chi connectivity index (χ0v) is 19.6. The Morgan fingerprint density at radius 1 is 1.22 bits per heavy atom. The van der Waals surface area contributed by atoms with Gasteiger partial charge in [-0.05, 0) is 63.9 Å². The molecule has 0 aliphatic carbocycles. The molecule has 3 N–H and O–H groups in total. The highest BCUT2D eigenvalue weighted by molar-refractivity contribution is 6.30. The quantitative estimate of drug-likeness (QED) is 0.657. The molecule has 32 heavy (non-hydrogen) atoms. The van der Waals surface area contributed by atoms with Crippen LogP contribution in [0.2, 0.25) is 5.02 Å². The van der Waals surface area contributed by atoms with Crippen LogP contribution in [-0.2, 0) is 4.74 Å². The number of carbonyl (C=O) groups is 2. The second-order valence-corrected chi connectivity index (χ2v) is 9.34. The maximum absolute atomic E-state index is 13.0. The van der Waals surface area contributed by atoms with Crippen molar-refractivity contribution in [1.82, 2.24) is 9.88 Å². The number of carbonyl (C=O) groups excluding carboxylic acids is 2. The zero-order chi connectivity index (χ0) is 23.5. The predicted octanol–water partition coefficient (Wildman–Crippen LogP) is 4.41. The van der Waals surface area contributed by atoms with Crippen molar-refractivity contribution >= 4 is 40.8 Å². The Hall–Kier alpha value is -3.00. The summed E-state index contributed by atoms with van der Waals surface area (Å²) in [6.07, 6.45) is 2.71. The largest absolute Gasteiger partial charge is 0.444 e. The Morgan fingerprint density at radius 2 is 1.91 bits per heavy atom. The smallest absolute Gasteiger partial charge is 0.410 e. The number of hydrogen-bond donors (Lipinski definition) is 2. The first-order valence-electron chi connectivity index (χ1n) is 10.6. The number of ether oxygens (including phenoxy) is 1. The summed E-state index contributed by atoms with van der Waals surface area (Å²) in [5.41, 5.74) is 7.17. The minimum Gasteiger partial charge on any atom is -0.444 e. The van der Waals surface area contributed by atoms with E-state index in [-0.39, 0.29) is 18.0 Å². The third-order valence-corrected chi connectivity index (χ3v) is 5.50. The number of nitrogens with zero attached hydrogens (tertiary/aromatic N) is 3. The Morgan fingerprint density at radius 3 is 2.50 bits per heavy atom. The monoisotopic (exact) mass is 459 g/mol. The van der Waals surface area contributed by atoms with Gasteiger partial charge in [0.15, 0.2) is 0 Å². The van der Waals surface area contributed by atoms with Gasteiger partial charge in [-0.15, -0.1) is 0 Å². The van der Waals surface area contributed by atoms with Crippen LogP contribution in [0.25, 0.3) is 0 Å². The van der Waals surface area contributed by atoms with Crippen LogP contribution in [-0.4, -0.2) is 53.7 Å². The molecule has 1 aromatic heterocycles. The first kappa shape index (κ1) is 23.7. The van der Waals surface area contributed by atoms with Crippen LogP contribution in [0.1, 0.15) is 44.0 Å². The van der Waals surface area contributed by atoms with Crippen molar-refractivity contribution in [3.8, 4) is 0 Å². The summed E-state index contributed by atoms with van der Waals surface area (Å²) in [5, 5.41) is 3.29. The van der Waals surface area contributed by atoms with Crippen LogP contribution in [0.15, 0.2) is 36.5 Å². The summed E-state index contributed by atoms with van der Waals surface area (Å²) in [6.45, 7) is 6.76. The molecule has 0 spiro atoms. The summed E-state index contributed by atoms with van der Waals surface area (Å²) >= 11 is 5.87. The molecule has 0 bridgehead atoms. The lowest BCUT2D eigenvalue weighted by Crippen LogP contribution is -2.47. The van der Waals surface area contributed by atoms with Crippen LogP contribution in [0.5, 0.6) is 0 Å². The number of pyridine rings is 1. The zero-order valence-electron chi connectivity index (χ0n) is 18.9. The normalized spacial score (nSPS) is 14.7. The number of rotatable bonds is 4. The van der Waals surface area contributed by atoms with Crippen molar-refractivity contribution in [3.63, 3.8) is 0 Å². The maximum Gasteiger partial charge on any atom is 0.410 e. The Bertz CT molecular complexity index is 967. The van der Waals surface area contributed by atoms with E-state index in [4.69, 9.17) is 22.1 Å². The van der Waals surface area contributed by atoms with Crippen molar-refractivity contribution in [3.05, 3.63) is 47.1 Å². The van der Waals surface area contributed by atoms with E-state index in [1.54, 1.807) is 29.2 Å². The maximum atomic E-state index is 13.0. The Kier molecular flexibility index (Phi) is 7.13. The van der Waals surface area contributed by atoms with Gasteiger partial charge in [-0.3, -0.25) is 4.79 Å². The highest BCUT2D eigenvalue weighted by Gasteiger charge is 2.29. The number of nitrogen functional groups attached to an aromatic ring is 1. The number of nitrogens with two attached hydrogens (primary N) is 1. The first-order valence-corrected chi connectivity index (χ1v) is 10.9. The van der Waals surface area contributed by atoms with E-state index in [0.717, 1.165) is 18.5 Å². The summed E-state index contributed by atoms with van der Waals surface area (Å²) in [7, 11) is 1.96. The van der Waals surface area contributed by atoms with Gasteiger partial charge in [0.05, 0.1) is 10.6 Å². The standard InChI is InChI=1S/C23H30ClN5O3/c1-23(2,3)32-22(31)29-11-9-17(10-12-29)28(4)19-7-6-16(25)13-18(19)21(30)27-20-8-5-15(24)14-26-20/h5-8,13-14,17H,9-12,25H2,1-4H3,(H,26,27,30). The summed E-state index contributed by atoms with van der Waals surface area (Å²) in [6, 6.07) is 8.75. The van der Waals surface area contributed by atoms with Gasteiger partial charge in [-0.1, -0.05) is 11.6 Å². The van der Waals surface area contributed by atoms with Crippen molar-refractivity contribution in [1.29, 1.82) is 0 Å². The number of nitrogens with one attached hydrogen (secondary N) is 1. The van der Waals surface area contributed by atoms with E-state index in [1.165, 1.54) is 6.20 Å². The second kappa shape index (κ2) is 9.65. The molecule has 2 amide bonds. The van der Waals surface area contributed by atoms with Gasteiger partial charge in [0, 0.05) is 43.8 Å². The van der Waals surface area contributed by atoms with Gasteiger partial charge in [0.1, 0.15) is 11.4 Å². The molecule has 0 unspecified atom stereocenters. The minimum atomic E-state index is -0.518. The molecule has 1 aliphatic heterocycles. The molecule has 2 aromatic rings. The molecule has 9 heteroatoms. The van der Waals surface area contributed by atoms with Gasteiger partial charge in [0.25, 0.3) is 5.91 Å². The average molecular weight is 460 g/mol. The molecule has 0 saturated carbocycles. The molecule has 1 aliphatic rings. The lowest BCUT2D eigenvalue weighted by Gasteiger charge is -2.38. The first-order chi connectivity index (χ1) is 15.0. The molecular formula is C23H30ClN5O3. The molecule has 0 atom stereocenters. The summed E-state index contributed by atoms with van der Waals surface area (Å²) in [5.74, 6) is 0.0984. The second-order valence-electron chi connectivity index (χ2n) is 8.90. The van der Waals surface area contributed by atoms with Gasteiger partial charge in [-0.25, -0.2) is 9.78 Å². The van der Waals surface area contributed by atoms with Gasteiger partial charge < -0.3 is 25.6 Å².